The predicted molar refractivity (Wildman–Crippen MR) is 104 cm³/mol. The van der Waals surface area contributed by atoms with E-state index in [1.54, 1.807) is 24.3 Å². The molecule has 0 unspecified atom stereocenters. The Morgan fingerprint density at radius 2 is 1.77 bits per heavy atom. The first-order chi connectivity index (χ1) is 12.4. The third kappa shape index (κ3) is 3.27. The number of sulfone groups is 1. The maximum Gasteiger partial charge on any atom is 0.175 e. The highest BCUT2D eigenvalue weighted by Crippen LogP contribution is 2.31. The lowest BCUT2D eigenvalue weighted by Gasteiger charge is -2.23. The number of fused-ring (bicyclic) bond motifs is 1. The molecule has 2 N–H and O–H groups in total. The molecule has 0 spiro atoms. The third-order valence-corrected chi connectivity index (χ3v) is 6.29. The van der Waals surface area contributed by atoms with Crippen LogP contribution in [0.4, 0.5) is 0 Å². The van der Waals surface area contributed by atoms with Gasteiger partial charge in [-0.05, 0) is 80.2 Å². The number of hydrogen-bond acceptors (Lipinski definition) is 4. The molecule has 1 aliphatic heterocycles. The molecule has 0 atom stereocenters. The number of aromatic amines is 1. The lowest BCUT2D eigenvalue weighted by Crippen LogP contribution is -2.26. The van der Waals surface area contributed by atoms with Crippen molar-refractivity contribution in [3.63, 3.8) is 0 Å². The Morgan fingerprint density at radius 1 is 1.08 bits per heavy atom. The summed E-state index contributed by atoms with van der Waals surface area (Å²) in [7, 11) is -3.19. The van der Waals surface area contributed by atoms with Crippen molar-refractivity contribution in [2.75, 3.05) is 19.3 Å². The summed E-state index contributed by atoms with van der Waals surface area (Å²) in [5, 5.41) is 3.41. The second-order valence-electron chi connectivity index (χ2n) is 7.14. The first kappa shape index (κ1) is 17.2. The van der Waals surface area contributed by atoms with Gasteiger partial charge in [-0.2, -0.15) is 0 Å². The summed E-state index contributed by atoms with van der Waals surface area (Å²) >= 11 is 0. The summed E-state index contributed by atoms with van der Waals surface area (Å²) in [6.45, 7) is 4.25. The molecule has 0 saturated carbocycles. The Labute approximate surface area is 153 Å². The maximum atomic E-state index is 11.6. The van der Waals surface area contributed by atoms with Crippen molar-refractivity contribution in [2.45, 2.75) is 30.6 Å². The Kier molecular flexibility index (Phi) is 4.32. The summed E-state index contributed by atoms with van der Waals surface area (Å²) in [5.74, 6) is 1.37. The second kappa shape index (κ2) is 6.52. The van der Waals surface area contributed by atoms with Crippen LogP contribution in [0.1, 0.15) is 29.9 Å². The van der Waals surface area contributed by atoms with Crippen LogP contribution in [0.3, 0.4) is 0 Å². The van der Waals surface area contributed by atoms with Crippen molar-refractivity contribution in [1.82, 2.24) is 15.3 Å². The molecule has 1 fully saturated rings. The summed E-state index contributed by atoms with van der Waals surface area (Å²) in [6.07, 6.45) is 3.55. The van der Waals surface area contributed by atoms with Crippen LogP contribution in [-0.4, -0.2) is 37.7 Å². The number of H-pyrrole nitrogens is 1. The number of nitrogens with zero attached hydrogens (tertiary/aromatic N) is 1. The highest BCUT2D eigenvalue weighted by molar-refractivity contribution is 7.90. The van der Waals surface area contributed by atoms with Crippen molar-refractivity contribution in [2.24, 2.45) is 0 Å². The number of rotatable bonds is 3. The second-order valence-corrected chi connectivity index (χ2v) is 9.16. The van der Waals surface area contributed by atoms with Gasteiger partial charge in [-0.25, -0.2) is 13.4 Å². The van der Waals surface area contributed by atoms with Gasteiger partial charge in [0.2, 0.25) is 0 Å². The summed E-state index contributed by atoms with van der Waals surface area (Å²) in [4.78, 5) is 8.48. The summed E-state index contributed by atoms with van der Waals surface area (Å²) in [5.41, 5.74) is 5.45. The molecule has 1 aliphatic rings. The standard InChI is InChI=1S/C20H23N3O2S/c1-13-11-16(14-7-9-21-10-8-14)12-18-19(13)23-20(22-18)15-3-5-17(6-4-15)26(2,24)25/h3-6,11-12,14,21H,7-10H2,1-2H3,(H,22,23). The third-order valence-electron chi connectivity index (χ3n) is 5.17. The van der Waals surface area contributed by atoms with Gasteiger partial charge in [-0.3, -0.25) is 0 Å². The minimum Gasteiger partial charge on any atom is -0.338 e. The summed E-state index contributed by atoms with van der Waals surface area (Å²) in [6, 6.07) is 11.3. The van der Waals surface area contributed by atoms with Gasteiger partial charge in [0, 0.05) is 11.8 Å². The van der Waals surface area contributed by atoms with Gasteiger partial charge in [0.05, 0.1) is 15.9 Å². The van der Waals surface area contributed by atoms with E-state index < -0.39 is 9.84 Å². The van der Waals surface area contributed by atoms with Crippen LogP contribution in [0, 0.1) is 6.92 Å². The molecule has 0 bridgehead atoms. The summed E-state index contributed by atoms with van der Waals surface area (Å²) < 4.78 is 23.3. The van der Waals surface area contributed by atoms with E-state index in [1.165, 1.54) is 30.2 Å². The van der Waals surface area contributed by atoms with Gasteiger partial charge in [-0.15, -0.1) is 0 Å². The zero-order valence-corrected chi connectivity index (χ0v) is 15.9. The number of hydrogen-bond donors (Lipinski definition) is 2. The zero-order valence-electron chi connectivity index (χ0n) is 15.0. The van der Waals surface area contributed by atoms with Gasteiger partial charge < -0.3 is 10.3 Å². The van der Waals surface area contributed by atoms with E-state index in [0.29, 0.717) is 10.8 Å². The van der Waals surface area contributed by atoms with Crippen molar-refractivity contribution in [1.29, 1.82) is 0 Å². The van der Waals surface area contributed by atoms with Crippen LogP contribution in [-0.2, 0) is 9.84 Å². The molecule has 1 aromatic heterocycles. The van der Waals surface area contributed by atoms with E-state index in [2.05, 4.69) is 29.4 Å². The van der Waals surface area contributed by atoms with Gasteiger partial charge in [0.1, 0.15) is 5.82 Å². The van der Waals surface area contributed by atoms with Crippen molar-refractivity contribution in [3.05, 3.63) is 47.5 Å². The van der Waals surface area contributed by atoms with Crippen LogP contribution >= 0.6 is 0 Å². The molecular formula is C20H23N3O2S. The Bertz CT molecular complexity index is 1050. The smallest absolute Gasteiger partial charge is 0.175 e. The van der Waals surface area contributed by atoms with Crippen molar-refractivity contribution in [3.8, 4) is 11.4 Å². The van der Waals surface area contributed by atoms with E-state index in [9.17, 15) is 8.42 Å². The average Bonchev–Trinajstić information content (AvgIpc) is 3.07. The number of aromatic nitrogens is 2. The van der Waals surface area contributed by atoms with Crippen LogP contribution in [0.2, 0.25) is 0 Å². The van der Waals surface area contributed by atoms with Gasteiger partial charge in [0.25, 0.3) is 0 Å². The van der Waals surface area contributed by atoms with E-state index >= 15 is 0 Å². The Hall–Kier alpha value is -2.18. The predicted octanol–water partition coefficient (Wildman–Crippen LogP) is 3.41. The topological polar surface area (TPSA) is 74.8 Å². The van der Waals surface area contributed by atoms with Crippen LogP contribution in [0.25, 0.3) is 22.4 Å². The fourth-order valence-corrected chi connectivity index (χ4v) is 4.34. The van der Waals surface area contributed by atoms with Crippen LogP contribution in [0.5, 0.6) is 0 Å². The first-order valence-corrected chi connectivity index (χ1v) is 10.8. The highest BCUT2D eigenvalue weighted by Gasteiger charge is 2.18. The monoisotopic (exact) mass is 369 g/mol. The SMILES string of the molecule is Cc1cc(C2CCNCC2)cc2[nH]c(-c3ccc(S(C)(=O)=O)cc3)nc12. The molecule has 26 heavy (non-hydrogen) atoms. The van der Waals surface area contributed by atoms with E-state index in [-0.39, 0.29) is 0 Å². The van der Waals surface area contributed by atoms with E-state index in [1.807, 2.05) is 0 Å². The lowest BCUT2D eigenvalue weighted by molar-refractivity contribution is 0.460. The molecule has 0 amide bonds. The molecule has 136 valence electrons. The Morgan fingerprint density at radius 3 is 2.42 bits per heavy atom. The largest absolute Gasteiger partial charge is 0.338 e. The van der Waals surface area contributed by atoms with Crippen molar-refractivity contribution < 1.29 is 8.42 Å². The highest BCUT2D eigenvalue weighted by atomic mass is 32.2. The minimum absolute atomic E-state index is 0.321. The molecule has 4 rings (SSSR count). The number of piperidine rings is 1. The van der Waals surface area contributed by atoms with Gasteiger partial charge in [0.15, 0.2) is 9.84 Å². The molecule has 5 nitrogen and oxygen atoms in total. The quantitative estimate of drug-likeness (QED) is 0.742. The van der Waals surface area contributed by atoms with Gasteiger partial charge in [-0.1, -0.05) is 6.07 Å². The fraction of sp³-hybridized carbons (Fsp3) is 0.350. The molecule has 2 aromatic carbocycles. The number of imidazole rings is 1. The van der Waals surface area contributed by atoms with Crippen LogP contribution < -0.4 is 5.32 Å². The van der Waals surface area contributed by atoms with E-state index in [0.717, 1.165) is 35.5 Å². The maximum absolute atomic E-state index is 11.6. The molecular weight excluding hydrogens is 346 g/mol. The fourth-order valence-electron chi connectivity index (χ4n) is 3.71. The Balaban J connectivity index is 1.72. The first-order valence-electron chi connectivity index (χ1n) is 8.93. The molecule has 6 heteroatoms. The molecule has 0 radical (unpaired) electrons. The molecule has 0 aliphatic carbocycles. The van der Waals surface area contributed by atoms with E-state index in [4.69, 9.17) is 4.98 Å². The number of nitrogens with one attached hydrogen (secondary N) is 2. The molecule has 3 aromatic rings. The number of aryl methyl sites for hydroxylation is 1. The molecule has 1 saturated heterocycles. The van der Waals surface area contributed by atoms with Crippen LogP contribution in [0.15, 0.2) is 41.3 Å². The zero-order chi connectivity index (χ0) is 18.3. The normalized spacial score (nSPS) is 16.2. The number of benzene rings is 2. The average molecular weight is 369 g/mol. The lowest BCUT2D eigenvalue weighted by atomic mass is 9.89. The minimum atomic E-state index is -3.19. The van der Waals surface area contributed by atoms with Crippen molar-refractivity contribution >= 4 is 20.9 Å². The van der Waals surface area contributed by atoms with Gasteiger partial charge >= 0.3 is 0 Å². The molecule has 2 heterocycles.